The second-order valence-corrected chi connectivity index (χ2v) is 12.6. The van der Waals surface area contributed by atoms with Gasteiger partial charge >= 0.3 is 0 Å². The molecule has 39 heavy (non-hydrogen) atoms. The van der Waals surface area contributed by atoms with E-state index in [-0.39, 0.29) is 0 Å². The molecular formula is C36H24NOP. The molecule has 0 radical (unpaired) electrons. The Bertz CT molecular complexity index is 1940. The topological polar surface area (TPSA) is 20.3 Å². The van der Waals surface area contributed by atoms with Crippen LogP contribution in [0, 0.1) is 0 Å². The first-order chi connectivity index (χ1) is 19.2. The molecule has 6 aromatic carbocycles. The molecule has 0 N–H and O–H groups in total. The highest BCUT2D eigenvalue weighted by Gasteiger charge is 2.47. The number of fused-ring (bicyclic) bond motifs is 11. The summed E-state index contributed by atoms with van der Waals surface area (Å²) in [6.45, 7) is 0. The Morgan fingerprint density at radius 1 is 0.385 bits per heavy atom. The van der Waals surface area contributed by atoms with E-state index in [9.17, 15) is 0 Å². The van der Waals surface area contributed by atoms with Crippen LogP contribution in [-0.4, -0.2) is 0 Å². The van der Waals surface area contributed by atoms with Crippen LogP contribution in [0.15, 0.2) is 146 Å². The lowest BCUT2D eigenvalue weighted by Gasteiger charge is -2.44. The molecule has 2 aliphatic rings. The van der Waals surface area contributed by atoms with Gasteiger partial charge in [0.1, 0.15) is 0 Å². The van der Waals surface area contributed by atoms with Gasteiger partial charge in [-0.05, 0) is 63.7 Å². The maximum Gasteiger partial charge on any atom is 0.235 e. The monoisotopic (exact) mass is 517 g/mol. The molecule has 1 atom stereocenters. The quantitative estimate of drug-likeness (QED) is 0.214. The molecule has 0 spiro atoms. The lowest BCUT2D eigenvalue weighted by atomic mass is 9.95. The standard InChI is InChI=1S/C36H24NOP/c38-39-35-16-8-5-13-30(35)29-12-4-7-15-33(29)37(39)34-23-22-28(24-32(34)31-14-6-9-17-36(31)39)27-20-18-26(19-21-27)25-10-2-1-3-11-25/h1-24H. The fraction of sp³-hybridized carbons (Fsp3) is 0. The summed E-state index contributed by atoms with van der Waals surface area (Å²) in [5.41, 5.74) is 11.0. The molecule has 0 bridgehead atoms. The third-order valence-electron chi connectivity index (χ3n) is 8.01. The number of para-hydroxylation sites is 1. The average Bonchev–Trinajstić information content (AvgIpc) is 3.02. The van der Waals surface area contributed by atoms with Gasteiger partial charge in [0.25, 0.3) is 0 Å². The van der Waals surface area contributed by atoms with E-state index in [1.807, 2.05) is 36.4 Å². The van der Waals surface area contributed by atoms with Crippen LogP contribution >= 0.6 is 7.29 Å². The normalized spacial score (nSPS) is 16.4. The Morgan fingerprint density at radius 2 is 0.846 bits per heavy atom. The van der Waals surface area contributed by atoms with Crippen LogP contribution < -0.4 is 15.3 Å². The number of nitrogens with zero attached hydrogens (tertiary/aromatic N) is 1. The highest BCUT2D eigenvalue weighted by atomic mass is 31.2. The summed E-state index contributed by atoms with van der Waals surface area (Å²) in [4.78, 5) is 0. The molecule has 184 valence electrons. The minimum atomic E-state index is -3.16. The second-order valence-electron chi connectivity index (χ2n) is 10.1. The fourth-order valence-electron chi connectivity index (χ4n) is 6.20. The molecule has 3 heteroatoms. The maximum absolute atomic E-state index is 15.4. The van der Waals surface area contributed by atoms with E-state index in [0.29, 0.717) is 0 Å². The van der Waals surface area contributed by atoms with Gasteiger partial charge in [-0.15, -0.1) is 0 Å². The first-order valence-corrected chi connectivity index (χ1v) is 14.9. The van der Waals surface area contributed by atoms with Crippen LogP contribution in [0.1, 0.15) is 0 Å². The number of hydrogen-bond acceptors (Lipinski definition) is 1. The molecule has 0 saturated carbocycles. The highest BCUT2D eigenvalue weighted by molar-refractivity contribution is 7.81. The second kappa shape index (κ2) is 8.43. The van der Waals surface area contributed by atoms with Gasteiger partial charge in [0.15, 0.2) is 0 Å². The van der Waals surface area contributed by atoms with Gasteiger partial charge in [0.05, 0.1) is 11.4 Å². The minimum Gasteiger partial charge on any atom is -0.289 e. The Kier molecular flexibility index (Phi) is 4.83. The number of rotatable bonds is 2. The maximum atomic E-state index is 15.4. The van der Waals surface area contributed by atoms with Crippen molar-refractivity contribution in [3.8, 4) is 44.5 Å². The van der Waals surface area contributed by atoms with Gasteiger partial charge in [-0.3, -0.25) is 9.24 Å². The number of anilines is 2. The van der Waals surface area contributed by atoms with Gasteiger partial charge in [0.2, 0.25) is 7.29 Å². The molecule has 0 saturated heterocycles. The zero-order valence-corrected chi connectivity index (χ0v) is 22.1. The number of hydrogen-bond donors (Lipinski definition) is 0. The summed E-state index contributed by atoms with van der Waals surface area (Å²) in [6.07, 6.45) is 0. The summed E-state index contributed by atoms with van der Waals surface area (Å²) in [7, 11) is -3.16. The van der Waals surface area contributed by atoms with Crippen molar-refractivity contribution < 1.29 is 4.57 Å². The van der Waals surface area contributed by atoms with Gasteiger partial charge < -0.3 is 0 Å². The fourth-order valence-corrected chi connectivity index (χ4v) is 9.46. The summed E-state index contributed by atoms with van der Waals surface area (Å²) >= 11 is 0. The molecule has 8 rings (SSSR count). The minimum absolute atomic E-state index is 0.899. The van der Waals surface area contributed by atoms with Gasteiger partial charge in [-0.25, -0.2) is 0 Å². The zero-order valence-electron chi connectivity index (χ0n) is 21.2. The molecular weight excluding hydrogens is 493 g/mol. The first-order valence-electron chi connectivity index (χ1n) is 13.2. The molecule has 2 aliphatic heterocycles. The van der Waals surface area contributed by atoms with Crippen molar-refractivity contribution in [3.05, 3.63) is 146 Å². The number of benzene rings is 6. The zero-order chi connectivity index (χ0) is 26.0. The molecule has 0 amide bonds. The summed E-state index contributed by atoms with van der Waals surface area (Å²) in [6, 6.07) is 50.6. The van der Waals surface area contributed by atoms with Crippen molar-refractivity contribution in [2.45, 2.75) is 0 Å². The van der Waals surface area contributed by atoms with Crippen LogP contribution in [0.25, 0.3) is 44.5 Å². The van der Waals surface area contributed by atoms with Crippen molar-refractivity contribution in [1.82, 2.24) is 0 Å². The Morgan fingerprint density at radius 3 is 1.54 bits per heavy atom. The van der Waals surface area contributed by atoms with E-state index in [4.69, 9.17) is 0 Å². The van der Waals surface area contributed by atoms with Crippen LogP contribution in [-0.2, 0) is 4.57 Å². The third kappa shape index (κ3) is 3.19. The molecule has 0 aromatic heterocycles. The van der Waals surface area contributed by atoms with E-state index in [1.165, 1.54) is 11.1 Å². The third-order valence-corrected chi connectivity index (χ3v) is 11.1. The predicted octanol–water partition coefficient (Wildman–Crippen LogP) is 9.05. The molecule has 0 fully saturated rings. The highest BCUT2D eigenvalue weighted by Crippen LogP contribution is 2.65. The van der Waals surface area contributed by atoms with Crippen LogP contribution in [0.5, 0.6) is 0 Å². The van der Waals surface area contributed by atoms with E-state index in [1.54, 1.807) is 0 Å². The lowest BCUT2D eigenvalue weighted by molar-refractivity contribution is 0.586. The summed E-state index contributed by atoms with van der Waals surface area (Å²) in [5.74, 6) is 0. The first kappa shape index (κ1) is 22.3. The van der Waals surface area contributed by atoms with Crippen molar-refractivity contribution >= 4 is 29.3 Å². The Balaban J connectivity index is 1.34. The van der Waals surface area contributed by atoms with Gasteiger partial charge in [-0.1, -0.05) is 115 Å². The molecule has 0 aliphatic carbocycles. The predicted molar refractivity (Wildman–Crippen MR) is 164 cm³/mol. The van der Waals surface area contributed by atoms with Crippen molar-refractivity contribution in [3.63, 3.8) is 0 Å². The van der Waals surface area contributed by atoms with Crippen molar-refractivity contribution in [2.75, 3.05) is 4.67 Å². The molecule has 2 heterocycles. The van der Waals surface area contributed by atoms with Gasteiger partial charge in [0, 0.05) is 21.7 Å². The molecule has 6 aromatic rings. The van der Waals surface area contributed by atoms with Crippen molar-refractivity contribution in [2.24, 2.45) is 0 Å². The van der Waals surface area contributed by atoms with Gasteiger partial charge in [-0.2, -0.15) is 0 Å². The molecule has 2 nitrogen and oxygen atoms in total. The van der Waals surface area contributed by atoms with E-state index in [0.717, 1.165) is 55.4 Å². The van der Waals surface area contributed by atoms with Crippen LogP contribution in [0.4, 0.5) is 11.4 Å². The summed E-state index contributed by atoms with van der Waals surface area (Å²) in [5, 5.41) is 1.80. The van der Waals surface area contributed by atoms with E-state index >= 15 is 4.57 Å². The molecule has 1 unspecified atom stereocenters. The Labute approximate surface area is 228 Å². The smallest absolute Gasteiger partial charge is 0.235 e. The average molecular weight is 518 g/mol. The van der Waals surface area contributed by atoms with E-state index in [2.05, 4.69) is 114 Å². The van der Waals surface area contributed by atoms with Crippen LogP contribution in [0.2, 0.25) is 0 Å². The Hall–Kier alpha value is -4.65. The lowest BCUT2D eigenvalue weighted by Crippen LogP contribution is -2.37. The summed E-state index contributed by atoms with van der Waals surface area (Å²) < 4.78 is 17.6. The largest absolute Gasteiger partial charge is 0.289 e. The van der Waals surface area contributed by atoms with Crippen molar-refractivity contribution in [1.29, 1.82) is 0 Å². The SMILES string of the molecule is O=P12c3ccccc3-c3ccccc3N1c1ccc(-c3ccc(-c4ccccc4)cc3)cc1-c1ccccc12. The van der Waals surface area contributed by atoms with E-state index < -0.39 is 7.29 Å². The van der Waals surface area contributed by atoms with Crippen LogP contribution in [0.3, 0.4) is 0 Å².